The minimum absolute atomic E-state index is 0.209. The lowest BCUT2D eigenvalue weighted by Crippen LogP contribution is -2.17. The van der Waals surface area contributed by atoms with Crippen LogP contribution >= 0.6 is 0 Å². The first kappa shape index (κ1) is 12.8. The van der Waals surface area contributed by atoms with E-state index in [0.717, 1.165) is 23.2 Å². The highest BCUT2D eigenvalue weighted by Gasteiger charge is 2.18. The highest BCUT2D eigenvalue weighted by Crippen LogP contribution is 2.29. The Bertz CT molecular complexity index is 598. The van der Waals surface area contributed by atoms with E-state index in [1.807, 2.05) is 30.6 Å². The average molecular weight is 267 g/mol. The molecule has 2 aromatic heterocycles. The van der Waals surface area contributed by atoms with Gasteiger partial charge in [0.1, 0.15) is 0 Å². The second-order valence-corrected chi connectivity index (χ2v) is 4.98. The lowest BCUT2D eigenvalue weighted by atomic mass is 10.1. The number of pyridine rings is 2. The number of anilines is 1. The molecule has 4 nitrogen and oxygen atoms in total. The number of rotatable bonds is 4. The molecule has 0 aliphatic heterocycles. The van der Waals surface area contributed by atoms with Gasteiger partial charge in [0.2, 0.25) is 0 Å². The third-order valence-electron chi connectivity index (χ3n) is 3.54. The van der Waals surface area contributed by atoms with E-state index in [1.54, 1.807) is 12.4 Å². The van der Waals surface area contributed by atoms with Crippen molar-refractivity contribution in [3.05, 3.63) is 55.1 Å². The smallest absolute Gasteiger partial charge is 0.0494 e. The largest absolute Gasteiger partial charge is 0.396 e. The van der Waals surface area contributed by atoms with Gasteiger partial charge in [-0.15, -0.1) is 0 Å². The molecule has 0 amide bonds. The fourth-order valence-electron chi connectivity index (χ4n) is 2.49. The van der Waals surface area contributed by atoms with E-state index in [2.05, 4.69) is 27.4 Å². The fourth-order valence-corrected chi connectivity index (χ4v) is 2.49. The van der Waals surface area contributed by atoms with Crippen LogP contribution in [0.2, 0.25) is 0 Å². The number of aliphatic hydroxyl groups excluding tert-OH is 1. The molecule has 0 bridgehead atoms. The van der Waals surface area contributed by atoms with Crippen molar-refractivity contribution in [3.63, 3.8) is 0 Å². The molecule has 0 saturated carbocycles. The molecule has 4 heteroatoms. The predicted molar refractivity (Wildman–Crippen MR) is 79.2 cm³/mol. The van der Waals surface area contributed by atoms with Gasteiger partial charge in [-0.05, 0) is 18.6 Å². The van der Waals surface area contributed by atoms with Crippen LogP contribution in [0.25, 0.3) is 11.1 Å². The summed E-state index contributed by atoms with van der Waals surface area (Å²) in [5.41, 5.74) is 3.13. The Morgan fingerprint density at radius 2 is 2.05 bits per heavy atom. The van der Waals surface area contributed by atoms with Crippen LogP contribution in [0.1, 0.15) is 6.42 Å². The van der Waals surface area contributed by atoms with Crippen LogP contribution in [0.3, 0.4) is 0 Å². The van der Waals surface area contributed by atoms with Gasteiger partial charge in [0, 0.05) is 60.2 Å². The number of aromatic nitrogens is 2. The number of hydrogen-bond acceptors (Lipinski definition) is 4. The van der Waals surface area contributed by atoms with Crippen LogP contribution in [0.5, 0.6) is 0 Å². The molecule has 0 radical (unpaired) electrons. The summed E-state index contributed by atoms with van der Waals surface area (Å²) in [6.45, 7) is 0.209. The number of aliphatic hydroxyl groups is 1. The number of nitrogens with zero attached hydrogens (tertiary/aromatic N) is 2. The van der Waals surface area contributed by atoms with E-state index in [-0.39, 0.29) is 18.6 Å². The topological polar surface area (TPSA) is 58.0 Å². The van der Waals surface area contributed by atoms with E-state index in [0.29, 0.717) is 0 Å². The van der Waals surface area contributed by atoms with Gasteiger partial charge >= 0.3 is 0 Å². The van der Waals surface area contributed by atoms with E-state index in [4.69, 9.17) is 0 Å². The van der Waals surface area contributed by atoms with E-state index in [9.17, 15) is 5.11 Å². The third-order valence-corrected chi connectivity index (χ3v) is 3.54. The molecule has 102 valence electrons. The molecule has 0 spiro atoms. The molecule has 20 heavy (non-hydrogen) atoms. The van der Waals surface area contributed by atoms with Crippen molar-refractivity contribution in [1.82, 2.24) is 9.97 Å². The van der Waals surface area contributed by atoms with Gasteiger partial charge in [-0.2, -0.15) is 0 Å². The SMILES string of the molecule is OC[C@H]1C=C[C@@H](Nc2ccncc2-c2cccnc2)C1. The van der Waals surface area contributed by atoms with E-state index >= 15 is 0 Å². The first-order valence-corrected chi connectivity index (χ1v) is 6.77. The summed E-state index contributed by atoms with van der Waals surface area (Å²) in [7, 11) is 0. The van der Waals surface area contributed by atoms with Crippen LogP contribution in [0.15, 0.2) is 55.1 Å². The van der Waals surface area contributed by atoms with Crippen molar-refractivity contribution < 1.29 is 5.11 Å². The Labute approximate surface area is 118 Å². The molecule has 2 N–H and O–H groups in total. The summed E-state index contributed by atoms with van der Waals surface area (Å²) in [5.74, 6) is 0.260. The zero-order valence-electron chi connectivity index (χ0n) is 11.1. The zero-order valence-corrected chi connectivity index (χ0v) is 11.1. The number of hydrogen-bond donors (Lipinski definition) is 2. The lowest BCUT2D eigenvalue weighted by Gasteiger charge is -2.17. The molecule has 0 saturated heterocycles. The van der Waals surface area contributed by atoms with E-state index < -0.39 is 0 Å². The maximum atomic E-state index is 9.19. The van der Waals surface area contributed by atoms with Gasteiger partial charge in [0.05, 0.1) is 0 Å². The van der Waals surface area contributed by atoms with Crippen LogP contribution in [0, 0.1) is 5.92 Å². The standard InChI is InChI=1S/C16H17N3O/c20-11-12-3-4-14(8-12)19-16-5-7-18-10-15(16)13-2-1-6-17-9-13/h1-7,9-10,12,14,20H,8,11H2,(H,18,19)/t12-,14+/m0/s1. The molecule has 0 fully saturated rings. The molecular weight excluding hydrogens is 250 g/mol. The van der Waals surface area contributed by atoms with Crippen molar-refractivity contribution in [2.24, 2.45) is 5.92 Å². The van der Waals surface area contributed by atoms with Gasteiger partial charge in [-0.3, -0.25) is 9.97 Å². The molecule has 0 unspecified atom stereocenters. The van der Waals surface area contributed by atoms with Gasteiger partial charge < -0.3 is 10.4 Å². The predicted octanol–water partition coefficient (Wildman–Crippen LogP) is 2.49. The van der Waals surface area contributed by atoms with Gasteiger partial charge in [-0.25, -0.2) is 0 Å². The Kier molecular flexibility index (Phi) is 3.74. The molecule has 1 aliphatic carbocycles. The Morgan fingerprint density at radius 3 is 2.80 bits per heavy atom. The average Bonchev–Trinajstić information content (AvgIpc) is 2.96. The summed E-state index contributed by atoms with van der Waals surface area (Å²) < 4.78 is 0. The number of nitrogens with one attached hydrogen (secondary N) is 1. The normalized spacial score (nSPS) is 21.1. The Balaban J connectivity index is 1.83. The Hall–Kier alpha value is -2.20. The monoisotopic (exact) mass is 267 g/mol. The van der Waals surface area contributed by atoms with E-state index in [1.165, 1.54) is 0 Å². The molecule has 3 rings (SSSR count). The Morgan fingerprint density at radius 1 is 1.15 bits per heavy atom. The first-order valence-electron chi connectivity index (χ1n) is 6.77. The van der Waals surface area contributed by atoms with Gasteiger partial charge in [0.25, 0.3) is 0 Å². The van der Waals surface area contributed by atoms with Crippen molar-refractivity contribution in [2.75, 3.05) is 11.9 Å². The summed E-state index contributed by atoms with van der Waals surface area (Å²) in [6, 6.07) is 6.17. The molecule has 2 aromatic rings. The van der Waals surface area contributed by atoms with Crippen molar-refractivity contribution in [1.29, 1.82) is 0 Å². The summed E-state index contributed by atoms with van der Waals surface area (Å²) in [6.07, 6.45) is 12.3. The second kappa shape index (κ2) is 5.84. The zero-order chi connectivity index (χ0) is 13.8. The third kappa shape index (κ3) is 2.70. The van der Waals surface area contributed by atoms with Crippen molar-refractivity contribution in [3.8, 4) is 11.1 Å². The summed E-state index contributed by atoms with van der Waals surface area (Å²) in [5, 5.41) is 12.7. The fraction of sp³-hybridized carbons (Fsp3) is 0.250. The van der Waals surface area contributed by atoms with Crippen LogP contribution < -0.4 is 5.32 Å². The lowest BCUT2D eigenvalue weighted by molar-refractivity contribution is 0.250. The maximum absolute atomic E-state index is 9.19. The van der Waals surface area contributed by atoms with Crippen LogP contribution in [-0.2, 0) is 0 Å². The first-order chi connectivity index (χ1) is 9.86. The van der Waals surface area contributed by atoms with Crippen molar-refractivity contribution >= 4 is 5.69 Å². The summed E-state index contributed by atoms with van der Waals surface area (Å²) >= 11 is 0. The second-order valence-electron chi connectivity index (χ2n) is 4.98. The van der Waals surface area contributed by atoms with Crippen LogP contribution in [-0.4, -0.2) is 27.7 Å². The molecular formula is C16H17N3O. The molecule has 2 atom stereocenters. The maximum Gasteiger partial charge on any atom is 0.0494 e. The molecule has 2 heterocycles. The highest BCUT2D eigenvalue weighted by molar-refractivity contribution is 5.76. The quantitative estimate of drug-likeness (QED) is 0.836. The molecule has 0 aromatic carbocycles. The minimum Gasteiger partial charge on any atom is -0.396 e. The minimum atomic E-state index is 0.209. The van der Waals surface area contributed by atoms with Crippen LogP contribution in [0.4, 0.5) is 5.69 Å². The highest BCUT2D eigenvalue weighted by atomic mass is 16.3. The van der Waals surface area contributed by atoms with Gasteiger partial charge in [0.15, 0.2) is 0 Å². The summed E-state index contributed by atoms with van der Waals surface area (Å²) in [4.78, 5) is 8.36. The molecule has 1 aliphatic rings. The van der Waals surface area contributed by atoms with Gasteiger partial charge in [-0.1, -0.05) is 18.2 Å². The van der Waals surface area contributed by atoms with Crippen molar-refractivity contribution in [2.45, 2.75) is 12.5 Å².